The van der Waals surface area contributed by atoms with E-state index >= 15 is 0 Å². The summed E-state index contributed by atoms with van der Waals surface area (Å²) in [5.41, 5.74) is 0.886. The van der Waals surface area contributed by atoms with Gasteiger partial charge in [0, 0.05) is 36.1 Å². The molecule has 1 amide bonds. The number of rotatable bonds is 9. The highest BCUT2D eigenvalue weighted by Gasteiger charge is 2.47. The number of ketones is 1. The van der Waals surface area contributed by atoms with Gasteiger partial charge in [-0.3, -0.25) is 14.6 Å². The number of nitrogens with zero attached hydrogens (tertiary/aromatic N) is 3. The second-order valence-electron chi connectivity index (χ2n) is 7.83. The summed E-state index contributed by atoms with van der Waals surface area (Å²) in [5.74, 6) is -0.444. The molecule has 0 spiro atoms. The molecule has 1 aromatic heterocycles. The van der Waals surface area contributed by atoms with E-state index in [-0.39, 0.29) is 11.3 Å². The van der Waals surface area contributed by atoms with Gasteiger partial charge in [-0.15, -0.1) is 0 Å². The van der Waals surface area contributed by atoms with Crippen molar-refractivity contribution >= 4 is 17.4 Å². The number of carbonyl (C=O) groups is 2. The third-order valence-corrected chi connectivity index (χ3v) is 5.53. The average Bonchev–Trinajstić information content (AvgIpc) is 3.07. The number of carbonyl (C=O) groups excluding carboxylic acids is 2. The van der Waals surface area contributed by atoms with Gasteiger partial charge >= 0.3 is 0 Å². The minimum absolute atomic E-state index is 0.0124. The number of ether oxygens (including phenoxy) is 3. The molecule has 1 aliphatic rings. The highest BCUT2D eigenvalue weighted by atomic mass is 16.5. The van der Waals surface area contributed by atoms with Crippen molar-refractivity contribution in [2.75, 3.05) is 48.5 Å². The fourth-order valence-electron chi connectivity index (χ4n) is 3.92. The van der Waals surface area contributed by atoms with Gasteiger partial charge in [0.25, 0.3) is 11.7 Å². The molecule has 0 unspecified atom stereocenters. The number of aliphatic hydroxyl groups excluding tert-OH is 1. The van der Waals surface area contributed by atoms with Gasteiger partial charge in [0.05, 0.1) is 32.9 Å². The predicted octanol–water partition coefficient (Wildman–Crippen LogP) is 2.48. The summed E-state index contributed by atoms with van der Waals surface area (Å²) >= 11 is 0. The van der Waals surface area contributed by atoms with E-state index in [1.165, 1.54) is 38.6 Å². The Morgan fingerprint density at radius 3 is 2.21 bits per heavy atom. The number of likely N-dealkylation sites (tertiary alicyclic amines) is 1. The zero-order chi connectivity index (χ0) is 24.1. The summed E-state index contributed by atoms with van der Waals surface area (Å²) in [6, 6.07) is 5.61. The van der Waals surface area contributed by atoms with E-state index in [1.54, 1.807) is 24.3 Å². The Labute approximate surface area is 193 Å². The Morgan fingerprint density at radius 1 is 1.03 bits per heavy atom. The van der Waals surface area contributed by atoms with Gasteiger partial charge in [0.2, 0.25) is 0 Å². The zero-order valence-electron chi connectivity index (χ0n) is 19.5. The molecular formula is C24H29N3O6. The standard InChI is InChI=1S/C24H29N3O6/c1-26(2)11-6-12-27-21(16-13-18(32-4)19(33-5)14-17(16)31-3)20(23(29)24(27)30)22(28)15-7-9-25-10-8-15/h7-10,13-14,21,28H,6,11-12H2,1-5H3/t21-/m0/s1. The van der Waals surface area contributed by atoms with Crippen LogP contribution in [-0.4, -0.2) is 80.1 Å². The normalized spacial score (nSPS) is 17.5. The van der Waals surface area contributed by atoms with E-state index in [2.05, 4.69) is 4.98 Å². The van der Waals surface area contributed by atoms with E-state index in [1.807, 2.05) is 19.0 Å². The van der Waals surface area contributed by atoms with E-state index in [0.717, 1.165) is 6.54 Å². The Hall–Kier alpha value is -3.59. The zero-order valence-corrected chi connectivity index (χ0v) is 19.5. The van der Waals surface area contributed by atoms with Crippen LogP contribution >= 0.6 is 0 Å². The molecule has 176 valence electrons. The third kappa shape index (κ3) is 4.78. The van der Waals surface area contributed by atoms with Crippen LogP contribution in [0.1, 0.15) is 23.6 Å². The van der Waals surface area contributed by atoms with Crippen LogP contribution in [0.5, 0.6) is 17.2 Å². The molecule has 9 nitrogen and oxygen atoms in total. The van der Waals surface area contributed by atoms with Crippen molar-refractivity contribution in [2.24, 2.45) is 0 Å². The smallest absolute Gasteiger partial charge is 0.295 e. The quantitative estimate of drug-likeness (QED) is 0.350. The molecule has 2 aromatic rings. The number of benzene rings is 1. The summed E-state index contributed by atoms with van der Waals surface area (Å²) in [4.78, 5) is 33.7. The van der Waals surface area contributed by atoms with Crippen molar-refractivity contribution in [3.8, 4) is 17.2 Å². The van der Waals surface area contributed by atoms with Crippen molar-refractivity contribution in [3.63, 3.8) is 0 Å². The van der Waals surface area contributed by atoms with Crippen molar-refractivity contribution < 1.29 is 28.9 Å². The number of aromatic nitrogens is 1. The number of hydrogen-bond donors (Lipinski definition) is 1. The molecule has 9 heteroatoms. The first-order chi connectivity index (χ1) is 15.8. The van der Waals surface area contributed by atoms with E-state index in [4.69, 9.17) is 14.2 Å². The fourth-order valence-corrected chi connectivity index (χ4v) is 3.92. The summed E-state index contributed by atoms with van der Waals surface area (Å²) in [6.45, 7) is 1.04. The fraction of sp³-hybridized carbons (Fsp3) is 0.375. The summed E-state index contributed by atoms with van der Waals surface area (Å²) in [5, 5.41) is 11.1. The molecule has 0 aliphatic carbocycles. The molecule has 1 aliphatic heterocycles. The molecule has 0 radical (unpaired) electrons. The van der Waals surface area contributed by atoms with Crippen LogP contribution in [0.2, 0.25) is 0 Å². The lowest BCUT2D eigenvalue weighted by Crippen LogP contribution is -2.32. The van der Waals surface area contributed by atoms with Crippen LogP contribution in [0, 0.1) is 0 Å². The Kier molecular flexibility index (Phi) is 7.55. The molecule has 33 heavy (non-hydrogen) atoms. The lowest BCUT2D eigenvalue weighted by Gasteiger charge is -2.27. The average molecular weight is 456 g/mol. The molecule has 3 rings (SSSR count). The summed E-state index contributed by atoms with van der Waals surface area (Å²) in [7, 11) is 8.37. The Morgan fingerprint density at radius 2 is 1.64 bits per heavy atom. The predicted molar refractivity (Wildman–Crippen MR) is 123 cm³/mol. The maximum atomic E-state index is 13.2. The van der Waals surface area contributed by atoms with Crippen molar-refractivity contribution in [1.82, 2.24) is 14.8 Å². The molecule has 1 atom stereocenters. The molecule has 0 bridgehead atoms. The lowest BCUT2D eigenvalue weighted by atomic mass is 9.94. The molecule has 1 saturated heterocycles. The first-order valence-electron chi connectivity index (χ1n) is 10.5. The molecule has 2 heterocycles. The van der Waals surface area contributed by atoms with Crippen LogP contribution in [0.4, 0.5) is 0 Å². The second kappa shape index (κ2) is 10.4. The van der Waals surface area contributed by atoms with Crippen molar-refractivity contribution in [2.45, 2.75) is 12.5 Å². The number of aliphatic hydroxyl groups is 1. The third-order valence-electron chi connectivity index (χ3n) is 5.53. The molecule has 1 N–H and O–H groups in total. The van der Waals surface area contributed by atoms with Crippen LogP contribution in [0.15, 0.2) is 42.2 Å². The van der Waals surface area contributed by atoms with Crippen molar-refractivity contribution in [3.05, 3.63) is 53.4 Å². The van der Waals surface area contributed by atoms with Crippen LogP contribution in [0.25, 0.3) is 5.76 Å². The van der Waals surface area contributed by atoms with Crippen LogP contribution in [-0.2, 0) is 9.59 Å². The van der Waals surface area contributed by atoms with Crippen LogP contribution < -0.4 is 14.2 Å². The van der Waals surface area contributed by atoms with Gasteiger partial charge in [0.15, 0.2) is 11.5 Å². The summed E-state index contributed by atoms with van der Waals surface area (Å²) in [6.07, 6.45) is 3.66. The minimum atomic E-state index is -0.866. The summed E-state index contributed by atoms with van der Waals surface area (Å²) < 4.78 is 16.4. The van der Waals surface area contributed by atoms with Gasteiger partial charge < -0.3 is 29.1 Å². The highest BCUT2D eigenvalue weighted by Crippen LogP contribution is 2.46. The number of pyridine rings is 1. The van der Waals surface area contributed by atoms with Gasteiger partial charge in [-0.2, -0.15) is 0 Å². The van der Waals surface area contributed by atoms with E-state index in [0.29, 0.717) is 41.3 Å². The lowest BCUT2D eigenvalue weighted by molar-refractivity contribution is -0.140. The SMILES string of the molecule is COc1cc(OC)c([C@H]2C(=C(O)c3ccncc3)C(=O)C(=O)N2CCCN(C)C)cc1OC. The number of methoxy groups -OCH3 is 3. The first kappa shape index (κ1) is 24.1. The number of hydrogen-bond acceptors (Lipinski definition) is 8. The van der Waals surface area contributed by atoms with Crippen molar-refractivity contribution in [1.29, 1.82) is 0 Å². The maximum absolute atomic E-state index is 13.2. The Bertz CT molecular complexity index is 1050. The topological polar surface area (TPSA) is 101 Å². The molecule has 0 saturated carbocycles. The number of amides is 1. The monoisotopic (exact) mass is 455 g/mol. The van der Waals surface area contributed by atoms with E-state index < -0.39 is 17.7 Å². The maximum Gasteiger partial charge on any atom is 0.295 e. The van der Waals surface area contributed by atoms with Gasteiger partial charge in [-0.05, 0) is 45.3 Å². The highest BCUT2D eigenvalue weighted by molar-refractivity contribution is 6.46. The number of Topliss-reactive ketones (excluding diaryl/α,β-unsaturated/α-hetero) is 1. The largest absolute Gasteiger partial charge is 0.507 e. The minimum Gasteiger partial charge on any atom is -0.507 e. The molecule has 1 fully saturated rings. The molecule has 1 aromatic carbocycles. The van der Waals surface area contributed by atoms with E-state index in [9.17, 15) is 14.7 Å². The molecular weight excluding hydrogens is 426 g/mol. The Balaban J connectivity index is 2.22. The van der Waals surface area contributed by atoms with Gasteiger partial charge in [-0.1, -0.05) is 0 Å². The second-order valence-corrected chi connectivity index (χ2v) is 7.83. The first-order valence-corrected chi connectivity index (χ1v) is 10.5. The van der Waals surface area contributed by atoms with Gasteiger partial charge in [0.1, 0.15) is 11.5 Å². The van der Waals surface area contributed by atoms with Crippen LogP contribution in [0.3, 0.4) is 0 Å². The van der Waals surface area contributed by atoms with Gasteiger partial charge in [-0.25, -0.2) is 0 Å².